The van der Waals surface area contributed by atoms with Gasteiger partial charge < -0.3 is 9.84 Å². The minimum atomic E-state index is -0.558. The van der Waals surface area contributed by atoms with Crippen molar-refractivity contribution in [1.29, 1.82) is 0 Å². The predicted molar refractivity (Wildman–Crippen MR) is 77.6 cm³/mol. The lowest BCUT2D eigenvalue weighted by Gasteiger charge is -2.21. The first-order chi connectivity index (χ1) is 10.1. The lowest BCUT2D eigenvalue weighted by Crippen LogP contribution is -2.40. The summed E-state index contributed by atoms with van der Waals surface area (Å²) in [7, 11) is 0. The minimum Gasteiger partial charge on any atom is -0.447 e. The Labute approximate surface area is 124 Å². The Kier molecular flexibility index (Phi) is 5.33. The summed E-state index contributed by atoms with van der Waals surface area (Å²) in [5.74, 6) is -0.173. The standard InChI is InChI=1S/C16H21NO4/c1-12(7-8-18)9-15(19)17-14(11-21-16(17)20)10-13-5-3-2-4-6-13/h2-6,12,14,18H,7-11H2,1H3/t12-,14-/m0/s1. The van der Waals surface area contributed by atoms with Crippen molar-refractivity contribution in [3.05, 3.63) is 35.9 Å². The zero-order valence-electron chi connectivity index (χ0n) is 12.2. The summed E-state index contributed by atoms with van der Waals surface area (Å²) in [6.45, 7) is 2.18. The number of hydrogen-bond donors (Lipinski definition) is 1. The van der Waals surface area contributed by atoms with Gasteiger partial charge in [0.25, 0.3) is 0 Å². The molecule has 0 unspecified atom stereocenters. The van der Waals surface area contributed by atoms with Crippen LogP contribution in [0.25, 0.3) is 0 Å². The van der Waals surface area contributed by atoms with E-state index in [0.29, 0.717) is 12.8 Å². The Morgan fingerprint density at radius 1 is 1.43 bits per heavy atom. The highest BCUT2D eigenvalue weighted by molar-refractivity contribution is 5.93. The molecule has 0 aromatic heterocycles. The van der Waals surface area contributed by atoms with Crippen molar-refractivity contribution in [3.8, 4) is 0 Å². The Hall–Kier alpha value is -1.88. The number of cyclic esters (lactones) is 1. The van der Waals surface area contributed by atoms with Crippen LogP contribution in [0.5, 0.6) is 0 Å². The minimum absolute atomic E-state index is 0.0480. The molecular formula is C16H21NO4. The van der Waals surface area contributed by atoms with E-state index in [0.717, 1.165) is 5.56 Å². The van der Waals surface area contributed by atoms with Gasteiger partial charge in [-0.05, 0) is 24.3 Å². The molecule has 1 aliphatic heterocycles. The van der Waals surface area contributed by atoms with E-state index in [-0.39, 0.29) is 37.5 Å². The van der Waals surface area contributed by atoms with E-state index in [4.69, 9.17) is 9.84 Å². The lowest BCUT2D eigenvalue weighted by atomic mass is 10.0. The van der Waals surface area contributed by atoms with Gasteiger partial charge in [0.15, 0.2) is 0 Å². The van der Waals surface area contributed by atoms with Gasteiger partial charge in [0, 0.05) is 13.0 Å². The van der Waals surface area contributed by atoms with Gasteiger partial charge in [-0.1, -0.05) is 37.3 Å². The van der Waals surface area contributed by atoms with Crippen molar-refractivity contribution in [1.82, 2.24) is 4.90 Å². The van der Waals surface area contributed by atoms with Crippen LogP contribution in [0, 0.1) is 5.92 Å². The number of rotatable bonds is 6. The first-order valence-electron chi connectivity index (χ1n) is 7.25. The molecule has 1 heterocycles. The molecule has 5 heteroatoms. The van der Waals surface area contributed by atoms with E-state index in [9.17, 15) is 9.59 Å². The average molecular weight is 291 g/mol. The first kappa shape index (κ1) is 15.5. The number of aliphatic hydroxyl groups excluding tert-OH is 1. The van der Waals surface area contributed by atoms with Gasteiger partial charge in [0.05, 0.1) is 6.04 Å². The lowest BCUT2D eigenvalue weighted by molar-refractivity contribution is -0.130. The summed E-state index contributed by atoms with van der Waals surface area (Å²) < 4.78 is 5.03. The maximum Gasteiger partial charge on any atom is 0.416 e. The van der Waals surface area contributed by atoms with Crippen molar-refractivity contribution in [2.45, 2.75) is 32.2 Å². The van der Waals surface area contributed by atoms with Gasteiger partial charge in [-0.15, -0.1) is 0 Å². The molecule has 1 N–H and O–H groups in total. The van der Waals surface area contributed by atoms with Crippen LogP contribution in [0.1, 0.15) is 25.3 Å². The average Bonchev–Trinajstić information content (AvgIpc) is 2.81. The molecule has 0 radical (unpaired) electrons. The summed E-state index contributed by atoms with van der Waals surface area (Å²) in [5, 5.41) is 8.90. The van der Waals surface area contributed by atoms with Gasteiger partial charge in [0.1, 0.15) is 6.61 Å². The van der Waals surface area contributed by atoms with Crippen LogP contribution in [0.15, 0.2) is 30.3 Å². The van der Waals surface area contributed by atoms with Crippen LogP contribution in [-0.4, -0.2) is 41.3 Å². The summed E-state index contributed by atoms with van der Waals surface area (Å²) >= 11 is 0. The molecule has 2 rings (SSSR count). The fraction of sp³-hybridized carbons (Fsp3) is 0.500. The van der Waals surface area contributed by atoms with Crippen LogP contribution in [-0.2, 0) is 16.0 Å². The van der Waals surface area contributed by atoms with Gasteiger partial charge in [-0.3, -0.25) is 4.79 Å². The summed E-state index contributed by atoms with van der Waals surface area (Å²) in [5.41, 5.74) is 1.07. The monoisotopic (exact) mass is 291 g/mol. The van der Waals surface area contributed by atoms with E-state index in [1.165, 1.54) is 4.90 Å². The Morgan fingerprint density at radius 3 is 2.81 bits per heavy atom. The van der Waals surface area contributed by atoms with Crippen LogP contribution in [0.4, 0.5) is 4.79 Å². The van der Waals surface area contributed by atoms with Crippen molar-refractivity contribution in [2.75, 3.05) is 13.2 Å². The first-order valence-corrected chi connectivity index (χ1v) is 7.25. The fourth-order valence-electron chi connectivity index (χ4n) is 2.52. The molecule has 114 valence electrons. The number of ether oxygens (including phenoxy) is 1. The Balaban J connectivity index is 2.01. The normalized spacial score (nSPS) is 19.4. The highest BCUT2D eigenvalue weighted by atomic mass is 16.6. The molecule has 1 aromatic rings. The quantitative estimate of drug-likeness (QED) is 0.870. The molecule has 1 aromatic carbocycles. The Morgan fingerprint density at radius 2 is 2.14 bits per heavy atom. The van der Waals surface area contributed by atoms with Gasteiger partial charge >= 0.3 is 6.09 Å². The highest BCUT2D eigenvalue weighted by Crippen LogP contribution is 2.20. The molecule has 1 aliphatic rings. The molecule has 1 saturated heterocycles. The molecule has 0 spiro atoms. The smallest absolute Gasteiger partial charge is 0.416 e. The molecule has 0 saturated carbocycles. The number of nitrogens with zero attached hydrogens (tertiary/aromatic N) is 1. The van der Waals surface area contributed by atoms with Crippen molar-refractivity contribution in [3.63, 3.8) is 0 Å². The maximum atomic E-state index is 12.3. The molecule has 5 nitrogen and oxygen atoms in total. The van der Waals surface area contributed by atoms with E-state index < -0.39 is 6.09 Å². The number of imide groups is 1. The summed E-state index contributed by atoms with van der Waals surface area (Å²) in [4.78, 5) is 25.3. The van der Waals surface area contributed by atoms with Crippen molar-refractivity contribution in [2.24, 2.45) is 5.92 Å². The number of amides is 2. The number of benzene rings is 1. The Bertz CT molecular complexity index is 488. The molecule has 0 aliphatic carbocycles. The summed E-state index contributed by atoms with van der Waals surface area (Å²) in [6.07, 6.45) is 0.850. The van der Waals surface area contributed by atoms with Gasteiger partial charge in [-0.2, -0.15) is 0 Å². The van der Waals surface area contributed by atoms with Crippen LogP contribution >= 0.6 is 0 Å². The van der Waals surface area contributed by atoms with E-state index in [1.54, 1.807) is 0 Å². The fourth-order valence-corrected chi connectivity index (χ4v) is 2.52. The second kappa shape index (κ2) is 7.22. The SMILES string of the molecule is C[C@@H](CCO)CC(=O)N1C(=O)OC[C@@H]1Cc1ccccc1. The third-order valence-corrected chi connectivity index (χ3v) is 3.69. The second-order valence-electron chi connectivity index (χ2n) is 5.51. The second-order valence-corrected chi connectivity index (χ2v) is 5.51. The topological polar surface area (TPSA) is 66.8 Å². The van der Waals surface area contributed by atoms with Crippen molar-refractivity contribution < 1.29 is 19.4 Å². The van der Waals surface area contributed by atoms with Crippen LogP contribution in [0.3, 0.4) is 0 Å². The van der Waals surface area contributed by atoms with E-state index in [2.05, 4.69) is 0 Å². The molecule has 2 atom stereocenters. The van der Waals surface area contributed by atoms with Crippen molar-refractivity contribution >= 4 is 12.0 Å². The van der Waals surface area contributed by atoms with E-state index >= 15 is 0 Å². The molecule has 1 fully saturated rings. The van der Waals surface area contributed by atoms with Crippen LogP contribution < -0.4 is 0 Å². The number of carbonyl (C=O) groups is 2. The molecule has 2 amide bonds. The number of hydrogen-bond acceptors (Lipinski definition) is 4. The van der Waals surface area contributed by atoms with Crippen LogP contribution in [0.2, 0.25) is 0 Å². The number of aliphatic hydroxyl groups is 1. The third kappa shape index (κ3) is 4.04. The maximum absolute atomic E-state index is 12.3. The highest BCUT2D eigenvalue weighted by Gasteiger charge is 2.37. The molecule has 21 heavy (non-hydrogen) atoms. The third-order valence-electron chi connectivity index (χ3n) is 3.69. The van der Waals surface area contributed by atoms with Gasteiger partial charge in [0.2, 0.25) is 5.91 Å². The molecule has 0 bridgehead atoms. The van der Waals surface area contributed by atoms with E-state index in [1.807, 2.05) is 37.3 Å². The number of carbonyl (C=O) groups excluding carboxylic acids is 2. The zero-order valence-corrected chi connectivity index (χ0v) is 12.2. The predicted octanol–water partition coefficient (Wildman–Crippen LogP) is 1.99. The van der Waals surface area contributed by atoms with Gasteiger partial charge in [-0.25, -0.2) is 9.69 Å². The zero-order chi connectivity index (χ0) is 15.2. The molecular weight excluding hydrogens is 270 g/mol. The largest absolute Gasteiger partial charge is 0.447 e. The summed E-state index contributed by atoms with van der Waals surface area (Å²) in [6, 6.07) is 9.50.